The highest BCUT2D eigenvalue weighted by molar-refractivity contribution is 5.79. The molecule has 0 aromatic rings. The van der Waals surface area contributed by atoms with E-state index in [0.717, 1.165) is 19.6 Å². The van der Waals surface area contributed by atoms with E-state index in [1.165, 1.54) is 6.42 Å². The van der Waals surface area contributed by atoms with Crippen LogP contribution in [0.3, 0.4) is 0 Å². The predicted octanol–water partition coefficient (Wildman–Crippen LogP) is 0.636. The zero-order chi connectivity index (χ0) is 10.6. The van der Waals surface area contributed by atoms with Gasteiger partial charge in [0.05, 0.1) is 12.6 Å². The molecule has 4 nitrogen and oxygen atoms in total. The summed E-state index contributed by atoms with van der Waals surface area (Å²) in [5.41, 5.74) is 0. The molecule has 0 saturated carbocycles. The van der Waals surface area contributed by atoms with Crippen LogP contribution in [0, 0.1) is 5.41 Å². The SMILES string of the molecule is CCOC(=N)C1CN(C)CCCN1C. The van der Waals surface area contributed by atoms with Crippen molar-refractivity contribution < 1.29 is 4.74 Å². The molecular weight excluding hydrogens is 178 g/mol. The first-order valence-corrected chi connectivity index (χ1v) is 5.25. The van der Waals surface area contributed by atoms with Gasteiger partial charge in [0.2, 0.25) is 0 Å². The van der Waals surface area contributed by atoms with Crippen LogP contribution < -0.4 is 0 Å². The van der Waals surface area contributed by atoms with Crippen LogP contribution in [-0.4, -0.2) is 62.1 Å². The molecule has 1 rings (SSSR count). The predicted molar refractivity (Wildman–Crippen MR) is 57.9 cm³/mol. The van der Waals surface area contributed by atoms with Crippen molar-refractivity contribution in [2.45, 2.75) is 19.4 Å². The standard InChI is InChI=1S/C10H21N3O/c1-4-14-10(11)9-8-12(2)6-5-7-13(9)3/h9,11H,4-8H2,1-3H3. The van der Waals surface area contributed by atoms with E-state index in [1.807, 2.05) is 6.92 Å². The van der Waals surface area contributed by atoms with Gasteiger partial charge in [-0.1, -0.05) is 0 Å². The molecule has 0 aromatic carbocycles. The van der Waals surface area contributed by atoms with Gasteiger partial charge in [-0.25, -0.2) is 0 Å². The fraction of sp³-hybridized carbons (Fsp3) is 0.900. The van der Waals surface area contributed by atoms with Crippen LogP contribution in [0.15, 0.2) is 0 Å². The molecule has 0 bridgehead atoms. The Bertz CT molecular complexity index is 196. The van der Waals surface area contributed by atoms with Gasteiger partial charge in [0.15, 0.2) is 5.90 Å². The van der Waals surface area contributed by atoms with Crippen LogP contribution in [0.5, 0.6) is 0 Å². The van der Waals surface area contributed by atoms with Crippen molar-refractivity contribution in [2.24, 2.45) is 0 Å². The van der Waals surface area contributed by atoms with Crippen molar-refractivity contribution in [3.05, 3.63) is 0 Å². The van der Waals surface area contributed by atoms with Gasteiger partial charge < -0.3 is 9.64 Å². The van der Waals surface area contributed by atoms with Crippen LogP contribution in [0.1, 0.15) is 13.3 Å². The van der Waals surface area contributed by atoms with Gasteiger partial charge >= 0.3 is 0 Å². The van der Waals surface area contributed by atoms with Crippen LogP contribution in [0.2, 0.25) is 0 Å². The quantitative estimate of drug-likeness (QED) is 0.524. The normalized spacial score (nSPS) is 25.8. The molecule has 0 radical (unpaired) electrons. The molecule has 1 N–H and O–H groups in total. The van der Waals surface area contributed by atoms with E-state index < -0.39 is 0 Å². The van der Waals surface area contributed by atoms with E-state index in [9.17, 15) is 0 Å². The summed E-state index contributed by atoms with van der Waals surface area (Å²) in [6.07, 6.45) is 1.17. The summed E-state index contributed by atoms with van der Waals surface area (Å²) in [5, 5.41) is 7.81. The Balaban J connectivity index is 2.57. The maximum atomic E-state index is 7.81. The minimum Gasteiger partial charge on any atom is -0.480 e. The van der Waals surface area contributed by atoms with Gasteiger partial charge in [-0.15, -0.1) is 0 Å². The van der Waals surface area contributed by atoms with Gasteiger partial charge in [-0.2, -0.15) is 0 Å². The van der Waals surface area contributed by atoms with Crippen molar-refractivity contribution >= 4 is 5.90 Å². The van der Waals surface area contributed by atoms with Gasteiger partial charge in [0.25, 0.3) is 0 Å². The summed E-state index contributed by atoms with van der Waals surface area (Å²) < 4.78 is 5.27. The number of likely N-dealkylation sites (N-methyl/N-ethyl adjacent to an activating group) is 2. The van der Waals surface area contributed by atoms with Crippen LogP contribution in [-0.2, 0) is 4.74 Å². The van der Waals surface area contributed by atoms with E-state index >= 15 is 0 Å². The third kappa shape index (κ3) is 2.96. The zero-order valence-electron chi connectivity index (χ0n) is 9.42. The average molecular weight is 199 g/mol. The molecule has 82 valence electrons. The second-order valence-electron chi connectivity index (χ2n) is 3.91. The molecule has 1 atom stereocenters. The largest absolute Gasteiger partial charge is 0.480 e. The first-order chi connectivity index (χ1) is 6.65. The van der Waals surface area contributed by atoms with Crippen molar-refractivity contribution in [3.8, 4) is 0 Å². The number of nitrogens with one attached hydrogen (secondary N) is 1. The summed E-state index contributed by atoms with van der Waals surface area (Å²) >= 11 is 0. The molecular formula is C10H21N3O. The number of hydrogen-bond acceptors (Lipinski definition) is 4. The van der Waals surface area contributed by atoms with Crippen molar-refractivity contribution in [1.29, 1.82) is 5.41 Å². The fourth-order valence-corrected chi connectivity index (χ4v) is 1.81. The zero-order valence-corrected chi connectivity index (χ0v) is 9.42. The summed E-state index contributed by atoms with van der Waals surface area (Å²) in [7, 11) is 4.17. The van der Waals surface area contributed by atoms with Gasteiger partial charge in [0.1, 0.15) is 0 Å². The Kier molecular flexibility index (Phi) is 4.35. The second kappa shape index (κ2) is 5.32. The Hall–Kier alpha value is -0.610. The first kappa shape index (κ1) is 11.5. The molecule has 0 amide bonds. The number of nitrogens with zero attached hydrogens (tertiary/aromatic N) is 2. The lowest BCUT2D eigenvalue weighted by Gasteiger charge is -2.27. The third-order valence-corrected chi connectivity index (χ3v) is 2.67. The van der Waals surface area contributed by atoms with Crippen molar-refractivity contribution in [1.82, 2.24) is 9.80 Å². The van der Waals surface area contributed by atoms with E-state index in [1.54, 1.807) is 0 Å². The number of hydrogen-bond donors (Lipinski definition) is 1. The van der Waals surface area contributed by atoms with Crippen molar-refractivity contribution in [2.75, 3.05) is 40.3 Å². The van der Waals surface area contributed by atoms with Crippen molar-refractivity contribution in [3.63, 3.8) is 0 Å². The molecule has 1 unspecified atom stereocenters. The van der Waals surface area contributed by atoms with E-state index in [4.69, 9.17) is 10.1 Å². The Morgan fingerprint density at radius 1 is 1.43 bits per heavy atom. The Labute approximate surface area is 86.3 Å². The molecule has 1 aliphatic rings. The maximum absolute atomic E-state index is 7.81. The van der Waals surface area contributed by atoms with E-state index in [-0.39, 0.29) is 6.04 Å². The van der Waals surface area contributed by atoms with E-state index in [2.05, 4.69) is 23.9 Å². The van der Waals surface area contributed by atoms with E-state index in [0.29, 0.717) is 12.5 Å². The summed E-state index contributed by atoms with van der Waals surface area (Å²) in [6.45, 7) is 5.57. The number of ether oxygens (including phenoxy) is 1. The second-order valence-corrected chi connectivity index (χ2v) is 3.91. The van der Waals surface area contributed by atoms with Gasteiger partial charge in [0, 0.05) is 6.54 Å². The minimum atomic E-state index is 0.127. The smallest absolute Gasteiger partial charge is 0.199 e. The highest BCUT2D eigenvalue weighted by Gasteiger charge is 2.25. The van der Waals surface area contributed by atoms with Gasteiger partial charge in [-0.3, -0.25) is 10.3 Å². The first-order valence-electron chi connectivity index (χ1n) is 5.25. The summed E-state index contributed by atoms with van der Waals surface area (Å²) in [4.78, 5) is 4.48. The highest BCUT2D eigenvalue weighted by atomic mass is 16.5. The average Bonchev–Trinajstić information content (AvgIpc) is 2.29. The van der Waals surface area contributed by atoms with Gasteiger partial charge in [-0.05, 0) is 40.5 Å². The molecule has 14 heavy (non-hydrogen) atoms. The Morgan fingerprint density at radius 3 is 2.79 bits per heavy atom. The fourth-order valence-electron chi connectivity index (χ4n) is 1.81. The summed E-state index contributed by atoms with van der Waals surface area (Å²) in [6, 6.07) is 0.127. The highest BCUT2D eigenvalue weighted by Crippen LogP contribution is 2.08. The molecule has 0 aliphatic carbocycles. The molecule has 1 heterocycles. The molecule has 1 fully saturated rings. The molecule has 1 aliphatic heterocycles. The maximum Gasteiger partial charge on any atom is 0.199 e. The van der Waals surface area contributed by atoms with Crippen LogP contribution >= 0.6 is 0 Å². The number of rotatable bonds is 2. The monoisotopic (exact) mass is 199 g/mol. The van der Waals surface area contributed by atoms with Crippen LogP contribution in [0.4, 0.5) is 0 Å². The lowest BCUT2D eigenvalue weighted by Crippen LogP contribution is -2.44. The minimum absolute atomic E-state index is 0.127. The topological polar surface area (TPSA) is 39.6 Å². The van der Waals surface area contributed by atoms with Crippen LogP contribution in [0.25, 0.3) is 0 Å². The third-order valence-electron chi connectivity index (χ3n) is 2.67. The lowest BCUT2D eigenvalue weighted by atomic mass is 10.2. The summed E-state index contributed by atoms with van der Waals surface area (Å²) in [5.74, 6) is 0.406. The Morgan fingerprint density at radius 2 is 2.14 bits per heavy atom. The molecule has 0 aromatic heterocycles. The lowest BCUT2D eigenvalue weighted by molar-refractivity contribution is 0.222. The molecule has 0 spiro atoms. The molecule has 4 heteroatoms. The molecule has 1 saturated heterocycles.